The van der Waals surface area contributed by atoms with Crippen LogP contribution in [-0.2, 0) is 9.84 Å². The monoisotopic (exact) mass is 344 g/mol. The highest BCUT2D eigenvalue weighted by Crippen LogP contribution is 2.27. The van der Waals surface area contributed by atoms with Crippen LogP contribution in [0.2, 0.25) is 0 Å². The first-order valence-corrected chi connectivity index (χ1v) is 9.69. The zero-order valence-corrected chi connectivity index (χ0v) is 14.1. The second-order valence-electron chi connectivity index (χ2n) is 5.88. The van der Waals surface area contributed by atoms with E-state index in [4.69, 9.17) is 0 Å². The molecule has 126 valence electrons. The fourth-order valence-corrected chi connectivity index (χ4v) is 4.69. The molecule has 5 nitrogen and oxygen atoms in total. The number of carbonyl (C=O) groups is 1. The lowest BCUT2D eigenvalue weighted by Crippen LogP contribution is -2.37. The molecule has 2 aromatic rings. The maximum Gasteiger partial charge on any atom is 0.319 e. The second kappa shape index (κ2) is 7.05. The van der Waals surface area contributed by atoms with Crippen LogP contribution in [0.4, 0.5) is 10.5 Å². The zero-order valence-electron chi connectivity index (χ0n) is 13.2. The highest BCUT2D eigenvalue weighted by atomic mass is 32.2. The first-order valence-electron chi connectivity index (χ1n) is 7.97. The molecule has 2 aromatic carbocycles. The van der Waals surface area contributed by atoms with E-state index in [2.05, 4.69) is 10.6 Å². The van der Waals surface area contributed by atoms with Crippen molar-refractivity contribution in [2.45, 2.75) is 18.1 Å². The molecular weight excluding hydrogens is 324 g/mol. The van der Waals surface area contributed by atoms with E-state index < -0.39 is 15.1 Å². The van der Waals surface area contributed by atoms with Crippen molar-refractivity contribution in [1.29, 1.82) is 0 Å². The lowest BCUT2D eigenvalue weighted by atomic mass is 10.0. The van der Waals surface area contributed by atoms with Gasteiger partial charge < -0.3 is 10.6 Å². The van der Waals surface area contributed by atoms with Gasteiger partial charge in [-0.2, -0.15) is 0 Å². The van der Waals surface area contributed by atoms with E-state index >= 15 is 0 Å². The molecule has 3 rings (SSSR count). The van der Waals surface area contributed by atoms with Crippen molar-refractivity contribution >= 4 is 21.6 Å². The van der Waals surface area contributed by atoms with Crippen molar-refractivity contribution in [3.63, 3.8) is 0 Å². The smallest absolute Gasteiger partial charge is 0.319 e. The lowest BCUT2D eigenvalue weighted by Gasteiger charge is -2.14. The van der Waals surface area contributed by atoms with Crippen LogP contribution in [0.3, 0.4) is 0 Å². The van der Waals surface area contributed by atoms with Crippen LogP contribution in [-0.4, -0.2) is 32.0 Å². The number of urea groups is 1. The number of carbonyl (C=O) groups excluding carboxylic acids is 1. The lowest BCUT2D eigenvalue weighted by molar-refractivity contribution is 0.252. The van der Waals surface area contributed by atoms with Crippen LogP contribution in [0.1, 0.15) is 12.8 Å². The minimum absolute atomic E-state index is 0.154. The number of amides is 2. The summed E-state index contributed by atoms with van der Waals surface area (Å²) < 4.78 is 23.6. The molecule has 1 aliphatic heterocycles. The molecule has 6 heteroatoms. The Bertz CT molecular complexity index is 819. The summed E-state index contributed by atoms with van der Waals surface area (Å²) in [6.07, 6.45) is 1.29. The molecule has 1 fully saturated rings. The van der Waals surface area contributed by atoms with Gasteiger partial charge in [-0.3, -0.25) is 0 Å². The van der Waals surface area contributed by atoms with Crippen LogP contribution in [0, 0.1) is 0 Å². The second-order valence-corrected chi connectivity index (χ2v) is 8.28. The van der Waals surface area contributed by atoms with Gasteiger partial charge in [-0.15, -0.1) is 0 Å². The maximum absolute atomic E-state index is 12.1. The number of benzene rings is 2. The van der Waals surface area contributed by atoms with Gasteiger partial charge in [-0.25, -0.2) is 13.2 Å². The fourth-order valence-electron chi connectivity index (χ4n) is 2.92. The third kappa shape index (κ3) is 3.76. The quantitative estimate of drug-likeness (QED) is 0.895. The van der Waals surface area contributed by atoms with Gasteiger partial charge in [-0.1, -0.05) is 48.5 Å². The van der Waals surface area contributed by atoms with Crippen molar-refractivity contribution in [2.75, 3.05) is 17.6 Å². The number of anilines is 1. The molecule has 0 aliphatic carbocycles. The Morgan fingerprint density at radius 2 is 1.75 bits per heavy atom. The Morgan fingerprint density at radius 1 is 1.04 bits per heavy atom. The summed E-state index contributed by atoms with van der Waals surface area (Å²) in [5, 5.41) is 5.03. The third-order valence-electron chi connectivity index (χ3n) is 4.21. The maximum atomic E-state index is 12.1. The number of sulfone groups is 1. The van der Waals surface area contributed by atoms with Crippen LogP contribution in [0.5, 0.6) is 0 Å². The van der Waals surface area contributed by atoms with Crippen molar-refractivity contribution in [1.82, 2.24) is 5.32 Å². The molecule has 1 heterocycles. The SMILES string of the molecule is O=C(NC[C@@H]1CCCS1(=O)=O)Nc1ccccc1-c1ccccc1. The van der Waals surface area contributed by atoms with E-state index in [9.17, 15) is 13.2 Å². The third-order valence-corrected chi connectivity index (χ3v) is 6.49. The standard InChI is InChI=1S/C18H20N2O3S/c21-18(19-13-15-9-6-12-24(15,22)23)20-17-11-5-4-10-16(17)14-7-2-1-3-8-14/h1-5,7-8,10-11,15H,6,9,12-13H2,(H2,19,20,21)/t15-/m0/s1. The Morgan fingerprint density at radius 3 is 2.46 bits per heavy atom. The predicted octanol–water partition coefficient (Wildman–Crippen LogP) is 3.05. The van der Waals surface area contributed by atoms with Crippen LogP contribution >= 0.6 is 0 Å². The highest BCUT2D eigenvalue weighted by Gasteiger charge is 2.31. The molecule has 0 unspecified atom stereocenters. The minimum Gasteiger partial charge on any atom is -0.337 e. The minimum atomic E-state index is -3.05. The van der Waals surface area contributed by atoms with Crippen molar-refractivity contribution < 1.29 is 13.2 Å². The Kier molecular flexibility index (Phi) is 4.85. The number of para-hydroxylation sites is 1. The van der Waals surface area contributed by atoms with Crippen molar-refractivity contribution in [3.05, 3.63) is 54.6 Å². The van der Waals surface area contributed by atoms with Crippen LogP contribution in [0.15, 0.2) is 54.6 Å². The van der Waals surface area contributed by atoms with E-state index in [0.29, 0.717) is 18.5 Å². The van der Waals surface area contributed by atoms with Gasteiger partial charge in [0.25, 0.3) is 0 Å². The number of hydrogen-bond donors (Lipinski definition) is 2. The average molecular weight is 344 g/mol. The van der Waals surface area contributed by atoms with Crippen molar-refractivity contribution in [2.24, 2.45) is 0 Å². The predicted molar refractivity (Wildman–Crippen MR) is 95.7 cm³/mol. The first kappa shape index (κ1) is 16.5. The number of nitrogens with one attached hydrogen (secondary N) is 2. The average Bonchev–Trinajstić information content (AvgIpc) is 2.93. The van der Waals surface area contributed by atoms with E-state index in [1.807, 2.05) is 54.6 Å². The summed E-state index contributed by atoms with van der Waals surface area (Å²) in [5.41, 5.74) is 2.61. The summed E-state index contributed by atoms with van der Waals surface area (Å²) in [5.74, 6) is 0.220. The summed E-state index contributed by atoms with van der Waals surface area (Å²) >= 11 is 0. The molecule has 0 spiro atoms. The number of hydrogen-bond acceptors (Lipinski definition) is 3. The summed E-state index contributed by atoms with van der Waals surface area (Å²) in [4.78, 5) is 12.1. The zero-order chi connectivity index (χ0) is 17.0. The molecule has 0 saturated carbocycles. The summed E-state index contributed by atoms with van der Waals surface area (Å²) in [6.45, 7) is 0.154. The van der Waals surface area contributed by atoms with E-state index in [1.165, 1.54) is 0 Å². The molecule has 1 saturated heterocycles. The fraction of sp³-hybridized carbons (Fsp3) is 0.278. The first-order chi connectivity index (χ1) is 11.6. The largest absolute Gasteiger partial charge is 0.337 e. The summed E-state index contributed by atoms with van der Waals surface area (Å²) in [7, 11) is -3.05. The molecule has 1 atom stereocenters. The van der Waals surface area contributed by atoms with Crippen LogP contribution < -0.4 is 10.6 Å². The number of rotatable bonds is 4. The van der Waals surface area contributed by atoms with Gasteiger partial charge in [0, 0.05) is 12.1 Å². The van der Waals surface area contributed by atoms with Crippen LogP contribution in [0.25, 0.3) is 11.1 Å². The molecular formula is C18H20N2O3S. The van der Waals surface area contributed by atoms with Crippen molar-refractivity contribution in [3.8, 4) is 11.1 Å². The molecule has 0 bridgehead atoms. The Hall–Kier alpha value is -2.34. The molecule has 1 aliphatic rings. The van der Waals surface area contributed by atoms with Gasteiger partial charge in [0.05, 0.1) is 16.7 Å². The highest BCUT2D eigenvalue weighted by molar-refractivity contribution is 7.92. The van der Waals surface area contributed by atoms with Gasteiger partial charge in [0.1, 0.15) is 0 Å². The molecule has 0 radical (unpaired) electrons. The van der Waals surface area contributed by atoms with Gasteiger partial charge in [0.15, 0.2) is 9.84 Å². The van der Waals surface area contributed by atoms with Gasteiger partial charge in [-0.05, 0) is 24.5 Å². The Labute approximate surface area is 142 Å². The van der Waals surface area contributed by atoms with Gasteiger partial charge >= 0.3 is 6.03 Å². The summed E-state index contributed by atoms with van der Waals surface area (Å²) in [6, 6.07) is 16.9. The van der Waals surface area contributed by atoms with E-state index in [0.717, 1.165) is 11.1 Å². The molecule has 2 amide bonds. The van der Waals surface area contributed by atoms with Gasteiger partial charge in [0.2, 0.25) is 0 Å². The van der Waals surface area contributed by atoms with E-state index in [-0.39, 0.29) is 18.3 Å². The topological polar surface area (TPSA) is 75.3 Å². The molecule has 2 N–H and O–H groups in total. The molecule has 0 aromatic heterocycles. The Balaban J connectivity index is 1.67. The molecule has 24 heavy (non-hydrogen) atoms. The van der Waals surface area contributed by atoms with E-state index in [1.54, 1.807) is 0 Å². The normalized spacial score (nSPS) is 18.9.